The number of piperidine rings is 1. The van der Waals surface area contributed by atoms with Crippen molar-refractivity contribution in [2.75, 3.05) is 39.8 Å². The predicted octanol–water partition coefficient (Wildman–Crippen LogP) is 2.55. The molecule has 1 aromatic rings. The summed E-state index contributed by atoms with van der Waals surface area (Å²) in [6.07, 6.45) is 3.64. The Morgan fingerprint density at radius 1 is 1.19 bits per heavy atom. The van der Waals surface area contributed by atoms with Crippen LogP contribution in [0.15, 0.2) is 35.3 Å². The number of likely N-dealkylation sites (tertiary alicyclic amines) is 2. The Labute approximate surface area is 165 Å². The molecule has 2 N–H and O–H groups in total. The summed E-state index contributed by atoms with van der Waals surface area (Å²) in [7, 11) is 1.89. The Kier molecular flexibility index (Phi) is 7.53. The van der Waals surface area contributed by atoms with Gasteiger partial charge in [-0.25, -0.2) is 0 Å². The molecule has 1 aromatic carbocycles. The van der Waals surface area contributed by atoms with E-state index in [1.165, 1.54) is 44.5 Å². The molecule has 0 amide bonds. The van der Waals surface area contributed by atoms with E-state index in [-0.39, 0.29) is 0 Å². The van der Waals surface area contributed by atoms with Crippen LogP contribution in [0.3, 0.4) is 0 Å². The first kappa shape index (κ1) is 20.2. The lowest BCUT2D eigenvalue weighted by Gasteiger charge is -2.38. The van der Waals surface area contributed by atoms with Crippen LogP contribution < -0.4 is 10.6 Å². The van der Waals surface area contributed by atoms with E-state index >= 15 is 0 Å². The maximum absolute atomic E-state index is 4.46. The molecule has 2 aliphatic heterocycles. The van der Waals surface area contributed by atoms with E-state index in [0.717, 1.165) is 31.5 Å². The summed E-state index contributed by atoms with van der Waals surface area (Å²) in [6.45, 7) is 11.5. The molecular weight excluding hydrogens is 334 g/mol. The second-order valence-corrected chi connectivity index (χ2v) is 8.17. The number of guanidine groups is 1. The van der Waals surface area contributed by atoms with Gasteiger partial charge in [0.2, 0.25) is 0 Å². The molecule has 2 saturated heterocycles. The first-order chi connectivity index (χ1) is 13.2. The molecule has 0 saturated carbocycles. The zero-order chi connectivity index (χ0) is 19.1. The summed E-state index contributed by atoms with van der Waals surface area (Å²) in [5.74, 6) is 1.72. The van der Waals surface area contributed by atoms with E-state index in [9.17, 15) is 0 Å². The first-order valence-electron chi connectivity index (χ1n) is 10.7. The van der Waals surface area contributed by atoms with Crippen LogP contribution in [0.1, 0.15) is 38.7 Å². The van der Waals surface area contributed by atoms with Crippen LogP contribution in [0, 0.1) is 5.92 Å². The number of nitrogens with zero attached hydrogens (tertiary/aromatic N) is 3. The van der Waals surface area contributed by atoms with Crippen LogP contribution in [0.2, 0.25) is 0 Å². The van der Waals surface area contributed by atoms with Crippen LogP contribution >= 0.6 is 0 Å². The van der Waals surface area contributed by atoms with Crippen LogP contribution in [0.5, 0.6) is 0 Å². The molecule has 0 spiro atoms. The van der Waals surface area contributed by atoms with Crippen molar-refractivity contribution in [3.63, 3.8) is 0 Å². The fourth-order valence-corrected chi connectivity index (χ4v) is 4.40. The van der Waals surface area contributed by atoms with E-state index in [2.05, 4.69) is 69.6 Å². The third kappa shape index (κ3) is 5.94. The van der Waals surface area contributed by atoms with Crippen molar-refractivity contribution in [3.05, 3.63) is 35.9 Å². The summed E-state index contributed by atoms with van der Waals surface area (Å²) in [5, 5.41) is 7.24. The average Bonchev–Trinajstić information content (AvgIpc) is 3.16. The van der Waals surface area contributed by atoms with Gasteiger partial charge in [-0.15, -0.1) is 0 Å². The summed E-state index contributed by atoms with van der Waals surface area (Å²) >= 11 is 0. The fourth-order valence-electron chi connectivity index (χ4n) is 4.40. The molecule has 0 aromatic heterocycles. The number of nitrogens with one attached hydrogen (secondary N) is 2. The Morgan fingerprint density at radius 2 is 2.00 bits per heavy atom. The highest BCUT2D eigenvalue weighted by Crippen LogP contribution is 2.20. The Balaban J connectivity index is 1.41. The van der Waals surface area contributed by atoms with Gasteiger partial charge in [-0.2, -0.15) is 0 Å². The normalized spacial score (nSPS) is 27.7. The van der Waals surface area contributed by atoms with E-state index in [0.29, 0.717) is 12.1 Å². The minimum absolute atomic E-state index is 0.508. The highest BCUT2D eigenvalue weighted by molar-refractivity contribution is 5.80. The Hall–Kier alpha value is -1.59. The zero-order valence-electron chi connectivity index (χ0n) is 17.3. The number of benzene rings is 1. The van der Waals surface area contributed by atoms with Gasteiger partial charge in [0.1, 0.15) is 0 Å². The van der Waals surface area contributed by atoms with Crippen molar-refractivity contribution in [3.8, 4) is 0 Å². The largest absolute Gasteiger partial charge is 0.356 e. The van der Waals surface area contributed by atoms with Gasteiger partial charge < -0.3 is 15.5 Å². The van der Waals surface area contributed by atoms with E-state index in [4.69, 9.17) is 0 Å². The lowest BCUT2D eigenvalue weighted by atomic mass is 9.97. The predicted molar refractivity (Wildman–Crippen MR) is 114 cm³/mol. The maximum atomic E-state index is 4.46. The molecule has 150 valence electrons. The average molecular weight is 372 g/mol. The molecule has 27 heavy (non-hydrogen) atoms. The second-order valence-electron chi connectivity index (χ2n) is 8.17. The molecule has 2 fully saturated rings. The number of hydrogen-bond acceptors (Lipinski definition) is 3. The molecular formula is C22H37N5. The van der Waals surface area contributed by atoms with Crippen molar-refractivity contribution < 1.29 is 0 Å². The summed E-state index contributed by atoms with van der Waals surface area (Å²) < 4.78 is 0. The SMILES string of the molecule is CCN1CCC(CNC(=NC)NC2CCN(Cc3ccccc3)C(C)C2)C1. The smallest absolute Gasteiger partial charge is 0.191 e. The molecule has 3 unspecified atom stereocenters. The maximum Gasteiger partial charge on any atom is 0.191 e. The molecule has 2 heterocycles. The molecule has 0 bridgehead atoms. The van der Waals surface area contributed by atoms with Crippen molar-refractivity contribution in [2.24, 2.45) is 10.9 Å². The summed E-state index contributed by atoms with van der Waals surface area (Å²) in [5.41, 5.74) is 1.41. The van der Waals surface area contributed by atoms with E-state index < -0.39 is 0 Å². The van der Waals surface area contributed by atoms with Crippen molar-refractivity contribution in [1.29, 1.82) is 0 Å². The van der Waals surface area contributed by atoms with E-state index in [1.807, 2.05) is 7.05 Å². The molecule has 0 aliphatic carbocycles. The van der Waals surface area contributed by atoms with Crippen LogP contribution in [-0.2, 0) is 6.54 Å². The van der Waals surface area contributed by atoms with Gasteiger partial charge in [-0.3, -0.25) is 9.89 Å². The minimum atomic E-state index is 0.508. The first-order valence-corrected chi connectivity index (χ1v) is 10.7. The van der Waals surface area contributed by atoms with Gasteiger partial charge >= 0.3 is 0 Å². The highest BCUT2D eigenvalue weighted by atomic mass is 15.2. The van der Waals surface area contributed by atoms with Crippen LogP contribution in [-0.4, -0.2) is 67.6 Å². The molecule has 5 heteroatoms. The Morgan fingerprint density at radius 3 is 2.67 bits per heavy atom. The van der Waals surface area contributed by atoms with Crippen molar-refractivity contribution >= 4 is 5.96 Å². The lowest BCUT2D eigenvalue weighted by Crippen LogP contribution is -2.51. The molecule has 3 atom stereocenters. The molecule has 0 radical (unpaired) electrons. The highest BCUT2D eigenvalue weighted by Gasteiger charge is 2.26. The summed E-state index contributed by atoms with van der Waals surface area (Å²) in [4.78, 5) is 9.59. The molecule has 5 nitrogen and oxygen atoms in total. The number of aliphatic imine (C=N–C) groups is 1. The second kappa shape index (κ2) is 10.1. The molecule has 2 aliphatic rings. The van der Waals surface area contributed by atoms with Gasteiger partial charge in [0.15, 0.2) is 5.96 Å². The zero-order valence-corrected chi connectivity index (χ0v) is 17.3. The third-order valence-corrected chi connectivity index (χ3v) is 6.18. The third-order valence-electron chi connectivity index (χ3n) is 6.18. The van der Waals surface area contributed by atoms with Gasteiger partial charge in [0.05, 0.1) is 0 Å². The van der Waals surface area contributed by atoms with Gasteiger partial charge in [-0.1, -0.05) is 37.3 Å². The van der Waals surface area contributed by atoms with Gasteiger partial charge in [0, 0.05) is 45.3 Å². The minimum Gasteiger partial charge on any atom is -0.356 e. The fraction of sp³-hybridized carbons (Fsp3) is 0.682. The quantitative estimate of drug-likeness (QED) is 0.596. The van der Waals surface area contributed by atoms with Gasteiger partial charge in [-0.05, 0) is 50.8 Å². The van der Waals surface area contributed by atoms with Gasteiger partial charge in [0.25, 0.3) is 0 Å². The topological polar surface area (TPSA) is 42.9 Å². The number of hydrogen-bond donors (Lipinski definition) is 2. The Bertz CT molecular complexity index is 588. The molecule has 3 rings (SSSR count). The number of rotatable bonds is 6. The monoisotopic (exact) mass is 371 g/mol. The standard InChI is InChI=1S/C22H37N5/c1-4-26-12-10-20(16-26)15-24-22(23-3)25-21-11-13-27(18(2)14-21)17-19-8-6-5-7-9-19/h5-9,18,20-21H,4,10-17H2,1-3H3,(H2,23,24,25). The van der Waals surface area contributed by atoms with E-state index in [1.54, 1.807) is 0 Å². The van der Waals surface area contributed by atoms with Crippen molar-refractivity contribution in [2.45, 2.75) is 51.7 Å². The van der Waals surface area contributed by atoms with Crippen LogP contribution in [0.4, 0.5) is 0 Å². The lowest BCUT2D eigenvalue weighted by molar-refractivity contribution is 0.134. The summed E-state index contributed by atoms with van der Waals surface area (Å²) in [6, 6.07) is 11.9. The van der Waals surface area contributed by atoms with Crippen LogP contribution in [0.25, 0.3) is 0 Å². The van der Waals surface area contributed by atoms with Crippen molar-refractivity contribution in [1.82, 2.24) is 20.4 Å².